The van der Waals surface area contributed by atoms with E-state index in [1.807, 2.05) is 0 Å². The number of hydrogen-bond acceptors (Lipinski definition) is 8. The van der Waals surface area contributed by atoms with Gasteiger partial charge in [-0.15, -0.1) is 0 Å². The van der Waals surface area contributed by atoms with E-state index in [2.05, 4.69) is 19.8 Å². The van der Waals surface area contributed by atoms with Crippen molar-refractivity contribution < 1.29 is 26.8 Å². The summed E-state index contributed by atoms with van der Waals surface area (Å²) in [6, 6.07) is 8.36. The summed E-state index contributed by atoms with van der Waals surface area (Å²) in [6.07, 6.45) is 4.27. The molecular formula is C25H25FN4O6S. The van der Waals surface area contributed by atoms with Gasteiger partial charge in [0.2, 0.25) is 5.58 Å². The standard InChI is InChI=1S/C25H25FN4O6S/c1-34-18-10-8-16(13-17(18)26)30-37(32,33)20-11-14(7-9-19(20)35-2)12-21-27-23-22(15-5-3-4-6-15)29-36-24(23)25(31)28-21/h7-11,13,15,30H,3-6,12H2,1-2H3,(H,27,28,31). The first-order valence-electron chi connectivity index (χ1n) is 11.7. The summed E-state index contributed by atoms with van der Waals surface area (Å²) in [5.41, 5.74) is 1.35. The zero-order chi connectivity index (χ0) is 26.2. The second-order valence-corrected chi connectivity index (χ2v) is 10.5. The number of anilines is 1. The SMILES string of the molecule is COc1ccc(NS(=O)(=O)c2cc(Cc3nc4c(C5CCCC5)noc4c(=O)[nH]3)ccc2OC)cc1F. The molecule has 1 saturated carbocycles. The van der Waals surface area contributed by atoms with Gasteiger partial charge in [0.05, 0.1) is 19.9 Å². The van der Waals surface area contributed by atoms with Gasteiger partial charge in [0.25, 0.3) is 15.6 Å². The first-order valence-corrected chi connectivity index (χ1v) is 13.2. The first kappa shape index (κ1) is 24.8. The summed E-state index contributed by atoms with van der Waals surface area (Å²) in [5.74, 6) is -0.0669. The molecule has 0 amide bonds. The molecule has 12 heteroatoms. The Balaban J connectivity index is 1.47. The molecule has 0 spiro atoms. The number of sulfonamides is 1. The molecule has 1 fully saturated rings. The predicted molar refractivity (Wildman–Crippen MR) is 133 cm³/mol. The largest absolute Gasteiger partial charge is 0.495 e. The summed E-state index contributed by atoms with van der Waals surface area (Å²) >= 11 is 0. The summed E-state index contributed by atoms with van der Waals surface area (Å²) in [6.45, 7) is 0. The van der Waals surface area contributed by atoms with Crippen LogP contribution in [0.3, 0.4) is 0 Å². The lowest BCUT2D eigenvalue weighted by atomic mass is 10.0. The highest BCUT2D eigenvalue weighted by Crippen LogP contribution is 2.36. The van der Waals surface area contributed by atoms with E-state index < -0.39 is 21.4 Å². The van der Waals surface area contributed by atoms with Crippen LogP contribution in [0, 0.1) is 5.82 Å². The number of rotatable bonds is 8. The summed E-state index contributed by atoms with van der Waals surface area (Å²) in [7, 11) is -1.49. The van der Waals surface area contributed by atoms with Crippen LogP contribution < -0.4 is 19.8 Å². The fraction of sp³-hybridized carbons (Fsp3) is 0.320. The van der Waals surface area contributed by atoms with Crippen molar-refractivity contribution in [3.63, 3.8) is 0 Å². The van der Waals surface area contributed by atoms with Crippen molar-refractivity contribution in [2.24, 2.45) is 0 Å². The van der Waals surface area contributed by atoms with Crippen molar-refractivity contribution in [3.05, 3.63) is 69.7 Å². The molecule has 0 radical (unpaired) electrons. The maximum absolute atomic E-state index is 14.1. The molecule has 2 aromatic heterocycles. The summed E-state index contributed by atoms with van der Waals surface area (Å²) in [4.78, 5) is 19.8. The average Bonchev–Trinajstić information content (AvgIpc) is 3.54. The number of ether oxygens (including phenoxy) is 2. The van der Waals surface area contributed by atoms with Gasteiger partial charge in [-0.3, -0.25) is 9.52 Å². The van der Waals surface area contributed by atoms with E-state index in [1.165, 1.54) is 38.5 Å². The lowest BCUT2D eigenvalue weighted by molar-refractivity contribution is 0.386. The molecular weight excluding hydrogens is 503 g/mol. The number of halogens is 1. The Labute approximate surface area is 211 Å². The van der Waals surface area contributed by atoms with Crippen LogP contribution in [0.25, 0.3) is 11.1 Å². The van der Waals surface area contributed by atoms with E-state index in [0.29, 0.717) is 22.6 Å². The molecule has 10 nitrogen and oxygen atoms in total. The Morgan fingerprint density at radius 1 is 1.11 bits per heavy atom. The van der Waals surface area contributed by atoms with Crippen molar-refractivity contribution in [2.75, 3.05) is 18.9 Å². The second-order valence-electron chi connectivity index (χ2n) is 8.86. The Morgan fingerprint density at radius 2 is 1.84 bits per heavy atom. The predicted octanol–water partition coefficient (Wildman–Crippen LogP) is 4.12. The molecule has 5 rings (SSSR count). The van der Waals surface area contributed by atoms with Crippen LogP contribution in [-0.4, -0.2) is 37.8 Å². The molecule has 194 valence electrons. The second kappa shape index (κ2) is 9.85. The quantitative estimate of drug-likeness (QED) is 0.349. The fourth-order valence-corrected chi connectivity index (χ4v) is 5.90. The maximum Gasteiger partial charge on any atom is 0.297 e. The molecule has 0 unspecified atom stereocenters. The third-order valence-electron chi connectivity index (χ3n) is 6.44. The molecule has 2 heterocycles. The Kier molecular flexibility index (Phi) is 6.59. The van der Waals surface area contributed by atoms with Gasteiger partial charge in [0.15, 0.2) is 11.6 Å². The van der Waals surface area contributed by atoms with Crippen LogP contribution in [0.5, 0.6) is 11.5 Å². The Morgan fingerprint density at radius 3 is 2.54 bits per heavy atom. The maximum atomic E-state index is 14.1. The normalized spacial score (nSPS) is 14.2. The topological polar surface area (TPSA) is 136 Å². The highest BCUT2D eigenvalue weighted by Gasteiger charge is 2.26. The van der Waals surface area contributed by atoms with Gasteiger partial charge in [-0.25, -0.2) is 17.8 Å². The zero-order valence-corrected chi connectivity index (χ0v) is 21.0. The molecule has 4 aromatic rings. The molecule has 2 aromatic carbocycles. The smallest absolute Gasteiger partial charge is 0.297 e. The molecule has 2 N–H and O–H groups in total. The molecule has 0 aliphatic heterocycles. The van der Waals surface area contributed by atoms with Crippen LogP contribution in [0.1, 0.15) is 48.7 Å². The molecule has 1 aliphatic carbocycles. The van der Waals surface area contributed by atoms with Crippen molar-refractivity contribution >= 4 is 26.8 Å². The van der Waals surface area contributed by atoms with Gasteiger partial charge in [-0.1, -0.05) is 24.1 Å². The average molecular weight is 529 g/mol. The minimum atomic E-state index is -4.16. The van der Waals surface area contributed by atoms with E-state index in [9.17, 15) is 17.6 Å². The lowest BCUT2D eigenvalue weighted by Crippen LogP contribution is -2.15. The number of benzene rings is 2. The first-order chi connectivity index (χ1) is 17.8. The van der Waals surface area contributed by atoms with Crippen molar-refractivity contribution in [2.45, 2.75) is 42.9 Å². The Bertz CT molecular complexity index is 1630. The molecule has 37 heavy (non-hydrogen) atoms. The van der Waals surface area contributed by atoms with E-state index in [1.54, 1.807) is 6.07 Å². The number of H-pyrrole nitrogens is 1. The van der Waals surface area contributed by atoms with Gasteiger partial charge in [0, 0.05) is 18.4 Å². The number of nitrogens with zero attached hydrogens (tertiary/aromatic N) is 2. The van der Waals surface area contributed by atoms with Crippen molar-refractivity contribution in [1.29, 1.82) is 0 Å². The molecule has 0 atom stereocenters. The number of nitrogens with one attached hydrogen (secondary N) is 2. The van der Waals surface area contributed by atoms with Crippen LogP contribution in [-0.2, 0) is 16.4 Å². The monoisotopic (exact) mass is 528 g/mol. The van der Waals surface area contributed by atoms with E-state index >= 15 is 0 Å². The summed E-state index contributed by atoms with van der Waals surface area (Å²) in [5, 5.41) is 4.12. The summed E-state index contributed by atoms with van der Waals surface area (Å²) < 4.78 is 58.3. The van der Waals surface area contributed by atoms with Gasteiger partial charge >= 0.3 is 0 Å². The lowest BCUT2D eigenvalue weighted by Gasteiger charge is -2.14. The minimum Gasteiger partial charge on any atom is -0.495 e. The minimum absolute atomic E-state index is 0.00935. The molecule has 0 saturated heterocycles. The van der Waals surface area contributed by atoms with Gasteiger partial charge in [-0.05, 0) is 42.7 Å². The number of methoxy groups -OCH3 is 2. The zero-order valence-electron chi connectivity index (χ0n) is 20.2. The van der Waals surface area contributed by atoms with E-state index in [4.69, 9.17) is 14.0 Å². The van der Waals surface area contributed by atoms with Gasteiger partial charge in [-0.2, -0.15) is 0 Å². The number of hydrogen-bond donors (Lipinski definition) is 2. The van der Waals surface area contributed by atoms with Gasteiger partial charge < -0.3 is 19.0 Å². The van der Waals surface area contributed by atoms with Crippen molar-refractivity contribution in [3.8, 4) is 11.5 Å². The van der Waals surface area contributed by atoms with Crippen LogP contribution in [0.4, 0.5) is 10.1 Å². The van der Waals surface area contributed by atoms with Crippen LogP contribution >= 0.6 is 0 Å². The van der Waals surface area contributed by atoms with Crippen LogP contribution in [0.2, 0.25) is 0 Å². The highest BCUT2D eigenvalue weighted by atomic mass is 32.2. The molecule has 1 aliphatic rings. The third kappa shape index (κ3) is 4.88. The number of aromatic amines is 1. The van der Waals surface area contributed by atoms with E-state index in [-0.39, 0.29) is 40.0 Å². The van der Waals surface area contributed by atoms with E-state index in [0.717, 1.165) is 31.7 Å². The van der Waals surface area contributed by atoms with Gasteiger partial charge in [0.1, 0.15) is 27.7 Å². The Hall–Kier alpha value is -3.93. The van der Waals surface area contributed by atoms with Crippen LogP contribution in [0.15, 0.2) is 50.6 Å². The third-order valence-corrected chi connectivity index (χ3v) is 7.84. The molecule has 0 bridgehead atoms. The number of fused-ring (bicyclic) bond motifs is 1. The number of aromatic nitrogens is 3. The van der Waals surface area contributed by atoms with Crippen molar-refractivity contribution in [1.82, 2.24) is 15.1 Å². The fourth-order valence-electron chi connectivity index (χ4n) is 4.63. The highest BCUT2D eigenvalue weighted by molar-refractivity contribution is 7.92.